The van der Waals surface area contributed by atoms with E-state index in [9.17, 15) is 4.79 Å². The van der Waals surface area contributed by atoms with Crippen LogP contribution in [0.2, 0.25) is 0 Å². The van der Waals surface area contributed by atoms with Crippen LogP contribution in [0.1, 0.15) is 128 Å². The fraction of sp³-hybridized carbons (Fsp3) is 0.710. The largest absolute Gasteiger partial charge is 0.361 e. The molecule has 1 heterocycles. The van der Waals surface area contributed by atoms with Crippen molar-refractivity contribution < 1.29 is 4.79 Å². The second-order valence-electron chi connectivity index (χ2n) is 10.3. The number of nitrogens with zero attached hydrogens (tertiary/aromatic N) is 1. The molecule has 3 heteroatoms. The minimum Gasteiger partial charge on any atom is -0.361 e. The van der Waals surface area contributed by atoms with Crippen LogP contribution in [0.4, 0.5) is 0 Å². The first-order valence-corrected chi connectivity index (χ1v) is 14.5. The standard InChI is InChI=1S/C31H52N2O/c1-3-4-5-6-7-8-9-10-11-12-13-14-15-16-17-18-19-24-31(34)33(2)26-25-28-27-32-30-23-21-20-22-29(28)30/h20-23,27,32H,3-19,24-26H2,1-2H3. The van der Waals surface area contributed by atoms with Crippen molar-refractivity contribution in [2.45, 2.75) is 129 Å². The van der Waals surface area contributed by atoms with Crippen molar-refractivity contribution in [1.29, 1.82) is 0 Å². The normalized spacial score (nSPS) is 11.4. The van der Waals surface area contributed by atoms with Crippen LogP contribution in [0.3, 0.4) is 0 Å². The minimum atomic E-state index is 0.292. The van der Waals surface area contributed by atoms with E-state index in [1.807, 2.05) is 11.9 Å². The number of benzene rings is 1. The minimum absolute atomic E-state index is 0.292. The van der Waals surface area contributed by atoms with Crippen LogP contribution in [-0.2, 0) is 11.2 Å². The number of hydrogen-bond donors (Lipinski definition) is 1. The molecular weight excluding hydrogens is 416 g/mol. The lowest BCUT2D eigenvalue weighted by Crippen LogP contribution is -2.28. The zero-order valence-corrected chi connectivity index (χ0v) is 22.4. The number of nitrogens with one attached hydrogen (secondary N) is 1. The first-order valence-electron chi connectivity index (χ1n) is 14.5. The summed E-state index contributed by atoms with van der Waals surface area (Å²) in [6.07, 6.45) is 27.0. The summed E-state index contributed by atoms with van der Waals surface area (Å²) < 4.78 is 0. The predicted octanol–water partition coefficient (Wildman–Crippen LogP) is 9.21. The van der Waals surface area contributed by atoms with Crippen molar-refractivity contribution in [2.24, 2.45) is 0 Å². The van der Waals surface area contributed by atoms with Crippen LogP contribution < -0.4 is 0 Å². The zero-order valence-electron chi connectivity index (χ0n) is 22.4. The molecule has 1 aromatic carbocycles. The predicted molar refractivity (Wildman–Crippen MR) is 148 cm³/mol. The molecule has 0 fully saturated rings. The van der Waals surface area contributed by atoms with Gasteiger partial charge in [-0.1, -0.05) is 128 Å². The number of H-pyrrole nitrogens is 1. The fourth-order valence-corrected chi connectivity index (χ4v) is 4.94. The highest BCUT2D eigenvalue weighted by Gasteiger charge is 2.10. The molecule has 3 nitrogen and oxygen atoms in total. The van der Waals surface area contributed by atoms with Crippen LogP contribution in [0, 0.1) is 0 Å². The van der Waals surface area contributed by atoms with Gasteiger partial charge in [-0.2, -0.15) is 0 Å². The third-order valence-corrected chi connectivity index (χ3v) is 7.31. The molecule has 1 N–H and O–H groups in total. The van der Waals surface area contributed by atoms with E-state index in [1.54, 1.807) is 0 Å². The maximum Gasteiger partial charge on any atom is 0.222 e. The van der Waals surface area contributed by atoms with Gasteiger partial charge in [-0.3, -0.25) is 4.79 Å². The lowest BCUT2D eigenvalue weighted by molar-refractivity contribution is -0.130. The van der Waals surface area contributed by atoms with Crippen LogP contribution >= 0.6 is 0 Å². The second-order valence-corrected chi connectivity index (χ2v) is 10.3. The number of amides is 1. The molecule has 2 aromatic rings. The van der Waals surface area contributed by atoms with E-state index < -0.39 is 0 Å². The third-order valence-electron chi connectivity index (χ3n) is 7.31. The second kappa shape index (κ2) is 18.5. The van der Waals surface area contributed by atoms with Crippen molar-refractivity contribution >= 4 is 16.8 Å². The average Bonchev–Trinajstić information content (AvgIpc) is 3.27. The van der Waals surface area contributed by atoms with Gasteiger partial charge in [-0.05, 0) is 24.5 Å². The maximum atomic E-state index is 12.4. The summed E-state index contributed by atoms with van der Waals surface area (Å²) in [6, 6.07) is 8.38. The summed E-state index contributed by atoms with van der Waals surface area (Å²) >= 11 is 0. The molecule has 0 unspecified atom stereocenters. The Morgan fingerprint density at radius 1 is 0.735 bits per heavy atom. The molecular formula is C31H52N2O. The summed E-state index contributed by atoms with van der Waals surface area (Å²) in [6.45, 7) is 3.08. The topological polar surface area (TPSA) is 36.1 Å². The van der Waals surface area contributed by atoms with Gasteiger partial charge in [0.1, 0.15) is 0 Å². The van der Waals surface area contributed by atoms with Crippen molar-refractivity contribution in [3.8, 4) is 0 Å². The third kappa shape index (κ3) is 12.1. The van der Waals surface area contributed by atoms with Crippen LogP contribution in [0.15, 0.2) is 30.5 Å². The van der Waals surface area contributed by atoms with Gasteiger partial charge in [-0.25, -0.2) is 0 Å². The number of para-hydroxylation sites is 1. The average molecular weight is 469 g/mol. The summed E-state index contributed by atoms with van der Waals surface area (Å²) in [5.41, 5.74) is 2.48. The van der Waals surface area contributed by atoms with Crippen molar-refractivity contribution in [2.75, 3.05) is 13.6 Å². The highest BCUT2D eigenvalue weighted by atomic mass is 16.2. The van der Waals surface area contributed by atoms with Crippen LogP contribution in [0.25, 0.3) is 10.9 Å². The van der Waals surface area contributed by atoms with Gasteiger partial charge < -0.3 is 9.88 Å². The summed E-state index contributed by atoms with van der Waals surface area (Å²) in [5, 5.41) is 1.27. The van der Waals surface area contributed by atoms with E-state index in [-0.39, 0.29) is 0 Å². The molecule has 34 heavy (non-hydrogen) atoms. The van der Waals surface area contributed by atoms with Gasteiger partial charge in [0.25, 0.3) is 0 Å². The number of likely N-dealkylation sites (N-methyl/N-ethyl adjacent to an activating group) is 1. The Kier molecular flexibility index (Phi) is 15.5. The highest BCUT2D eigenvalue weighted by Crippen LogP contribution is 2.18. The van der Waals surface area contributed by atoms with Crippen molar-refractivity contribution in [3.63, 3.8) is 0 Å². The Bertz CT molecular complexity index is 766. The molecule has 0 aliphatic heterocycles. The van der Waals surface area contributed by atoms with E-state index in [2.05, 4.69) is 42.4 Å². The van der Waals surface area contributed by atoms with E-state index >= 15 is 0 Å². The monoisotopic (exact) mass is 468 g/mol. The fourth-order valence-electron chi connectivity index (χ4n) is 4.94. The molecule has 0 bridgehead atoms. The zero-order chi connectivity index (χ0) is 24.3. The number of aromatic nitrogens is 1. The number of aromatic amines is 1. The Balaban J connectivity index is 1.35. The molecule has 0 saturated carbocycles. The molecule has 0 radical (unpaired) electrons. The SMILES string of the molecule is CCCCCCCCCCCCCCCCCCCC(=O)N(C)CCc1c[nH]c2ccccc12. The molecule has 1 aromatic heterocycles. The number of carbonyl (C=O) groups excluding carboxylic acids is 1. The molecule has 0 saturated heterocycles. The summed E-state index contributed by atoms with van der Waals surface area (Å²) in [4.78, 5) is 17.7. The number of rotatable bonds is 21. The Morgan fingerprint density at radius 3 is 1.79 bits per heavy atom. The van der Waals surface area contributed by atoms with Crippen LogP contribution in [0.5, 0.6) is 0 Å². The summed E-state index contributed by atoms with van der Waals surface area (Å²) in [5.74, 6) is 0.292. The quantitative estimate of drug-likeness (QED) is 0.182. The Hall–Kier alpha value is -1.77. The summed E-state index contributed by atoms with van der Waals surface area (Å²) in [7, 11) is 1.95. The molecule has 1 amide bonds. The van der Waals surface area contributed by atoms with Gasteiger partial charge in [0, 0.05) is 37.1 Å². The number of fused-ring (bicyclic) bond motifs is 1. The van der Waals surface area contributed by atoms with Crippen LogP contribution in [-0.4, -0.2) is 29.4 Å². The molecule has 0 aliphatic carbocycles. The maximum absolute atomic E-state index is 12.4. The van der Waals surface area contributed by atoms with E-state index in [4.69, 9.17) is 0 Å². The molecule has 0 aliphatic rings. The Morgan fingerprint density at radius 2 is 1.24 bits per heavy atom. The van der Waals surface area contributed by atoms with Crippen molar-refractivity contribution in [1.82, 2.24) is 9.88 Å². The van der Waals surface area contributed by atoms with Gasteiger partial charge in [-0.15, -0.1) is 0 Å². The number of unbranched alkanes of at least 4 members (excludes halogenated alkanes) is 16. The smallest absolute Gasteiger partial charge is 0.222 e. The van der Waals surface area contributed by atoms with Gasteiger partial charge >= 0.3 is 0 Å². The molecule has 0 atom stereocenters. The van der Waals surface area contributed by atoms with E-state index in [1.165, 1.54) is 119 Å². The Labute approximate surface area is 210 Å². The lowest BCUT2D eigenvalue weighted by atomic mass is 10.0. The molecule has 192 valence electrons. The molecule has 0 spiro atoms. The van der Waals surface area contributed by atoms with E-state index in [0.29, 0.717) is 12.3 Å². The highest BCUT2D eigenvalue weighted by molar-refractivity contribution is 5.83. The molecule has 2 rings (SSSR count). The lowest BCUT2D eigenvalue weighted by Gasteiger charge is -2.17. The van der Waals surface area contributed by atoms with Crippen molar-refractivity contribution in [3.05, 3.63) is 36.0 Å². The van der Waals surface area contributed by atoms with Gasteiger partial charge in [0.2, 0.25) is 5.91 Å². The van der Waals surface area contributed by atoms with Gasteiger partial charge in [0.15, 0.2) is 0 Å². The number of hydrogen-bond acceptors (Lipinski definition) is 1. The van der Waals surface area contributed by atoms with E-state index in [0.717, 1.165) is 19.4 Å². The number of carbonyl (C=O) groups is 1. The first kappa shape index (κ1) is 28.5. The first-order chi connectivity index (χ1) is 16.7. The van der Waals surface area contributed by atoms with Gasteiger partial charge in [0.05, 0.1) is 0 Å².